The number of carbonyl (C=O) groups excluding carboxylic acids is 1. The fourth-order valence-electron chi connectivity index (χ4n) is 3.97. The van der Waals surface area contributed by atoms with Gasteiger partial charge in [-0.3, -0.25) is 9.10 Å². The summed E-state index contributed by atoms with van der Waals surface area (Å²) in [5.74, 6) is -2.83. The predicted molar refractivity (Wildman–Crippen MR) is 122 cm³/mol. The average molecular weight is 466 g/mol. The molecule has 0 aliphatic carbocycles. The van der Waals surface area contributed by atoms with Crippen molar-refractivity contribution in [1.82, 2.24) is 5.32 Å². The lowest BCUT2D eigenvalue weighted by Gasteiger charge is -2.30. The van der Waals surface area contributed by atoms with Crippen LogP contribution >= 0.6 is 0 Å². The van der Waals surface area contributed by atoms with Crippen LogP contribution in [0.4, 0.5) is 20.2 Å². The van der Waals surface area contributed by atoms with Gasteiger partial charge in [-0.25, -0.2) is 17.2 Å². The highest BCUT2D eigenvalue weighted by molar-refractivity contribution is 7.92. The molecular formula is C23H29F2N3O3S. The Balaban J connectivity index is 1.73. The first-order chi connectivity index (χ1) is 15.1. The van der Waals surface area contributed by atoms with Crippen molar-refractivity contribution in [3.05, 3.63) is 59.7 Å². The van der Waals surface area contributed by atoms with Gasteiger partial charge in [0.2, 0.25) is 15.9 Å². The molecule has 2 aromatic carbocycles. The zero-order chi connectivity index (χ0) is 23.5. The summed E-state index contributed by atoms with van der Waals surface area (Å²) in [5, 5.41) is 2.82. The minimum atomic E-state index is -3.93. The highest BCUT2D eigenvalue weighted by Gasteiger charge is 2.30. The number of carbonyl (C=O) groups is 1. The van der Waals surface area contributed by atoms with Gasteiger partial charge in [0.05, 0.1) is 18.0 Å². The molecule has 0 radical (unpaired) electrons. The lowest BCUT2D eigenvalue weighted by Crippen LogP contribution is -2.48. The Morgan fingerprint density at radius 1 is 1.00 bits per heavy atom. The minimum Gasteiger partial charge on any atom is -0.372 e. The minimum absolute atomic E-state index is 0.118. The Morgan fingerprint density at radius 3 is 2.19 bits per heavy atom. The van der Waals surface area contributed by atoms with Gasteiger partial charge >= 0.3 is 0 Å². The first-order valence-corrected chi connectivity index (χ1v) is 12.5. The summed E-state index contributed by atoms with van der Waals surface area (Å²) in [5.41, 5.74) is 1.90. The zero-order valence-corrected chi connectivity index (χ0v) is 19.3. The van der Waals surface area contributed by atoms with E-state index in [2.05, 4.69) is 10.2 Å². The molecule has 0 unspecified atom stereocenters. The van der Waals surface area contributed by atoms with Crippen molar-refractivity contribution in [2.24, 2.45) is 0 Å². The van der Waals surface area contributed by atoms with Crippen LogP contribution in [0.2, 0.25) is 0 Å². The van der Waals surface area contributed by atoms with Crippen molar-refractivity contribution in [3.63, 3.8) is 0 Å². The van der Waals surface area contributed by atoms with E-state index in [0.29, 0.717) is 0 Å². The third kappa shape index (κ3) is 5.56. The van der Waals surface area contributed by atoms with Crippen molar-refractivity contribution in [3.8, 4) is 0 Å². The van der Waals surface area contributed by atoms with Crippen LogP contribution in [0, 0.1) is 11.6 Å². The Bertz CT molecular complexity index is 1050. The molecule has 1 aliphatic rings. The molecule has 32 heavy (non-hydrogen) atoms. The quantitative estimate of drug-likeness (QED) is 0.672. The van der Waals surface area contributed by atoms with E-state index >= 15 is 0 Å². The van der Waals surface area contributed by atoms with Gasteiger partial charge in [-0.05, 0) is 62.9 Å². The zero-order valence-electron chi connectivity index (χ0n) is 18.5. The van der Waals surface area contributed by atoms with Gasteiger partial charge in [-0.15, -0.1) is 0 Å². The molecule has 3 rings (SSSR count). The van der Waals surface area contributed by atoms with Gasteiger partial charge in [-0.2, -0.15) is 0 Å². The number of hydrogen-bond acceptors (Lipinski definition) is 4. The maximum Gasteiger partial charge on any atom is 0.244 e. The Labute approximate surface area is 188 Å². The van der Waals surface area contributed by atoms with Crippen LogP contribution in [0.3, 0.4) is 0 Å². The summed E-state index contributed by atoms with van der Waals surface area (Å²) in [6.07, 6.45) is 4.54. The molecule has 1 amide bonds. The molecule has 6 nitrogen and oxygen atoms in total. The van der Waals surface area contributed by atoms with Gasteiger partial charge in [0.15, 0.2) is 11.6 Å². The molecule has 2 atom stereocenters. The molecule has 0 bridgehead atoms. The summed E-state index contributed by atoms with van der Waals surface area (Å²) < 4.78 is 52.5. The normalized spacial score (nSPS) is 16.3. The van der Waals surface area contributed by atoms with E-state index in [0.717, 1.165) is 53.1 Å². The highest BCUT2D eigenvalue weighted by atomic mass is 32.2. The number of hydrogen-bond donors (Lipinski definition) is 1. The van der Waals surface area contributed by atoms with E-state index in [4.69, 9.17) is 0 Å². The fraction of sp³-hybridized carbons (Fsp3) is 0.435. The smallest absolute Gasteiger partial charge is 0.244 e. The molecule has 1 fully saturated rings. The standard InChI is InChI=1S/C23H29F2N3O3S/c1-16(18-7-9-19(10-8-18)27-13-5-4-6-14-27)26-23(29)17(2)28(32(3,30)31)20-11-12-21(24)22(25)15-20/h7-12,15-17H,4-6,13-14H2,1-3H3,(H,26,29)/t16-,17+/m0/s1. The monoisotopic (exact) mass is 465 g/mol. The number of sulfonamides is 1. The Kier molecular flexibility index (Phi) is 7.38. The molecule has 0 aromatic heterocycles. The predicted octanol–water partition coefficient (Wildman–Crippen LogP) is 3.99. The van der Waals surface area contributed by atoms with E-state index in [-0.39, 0.29) is 11.7 Å². The average Bonchev–Trinajstić information content (AvgIpc) is 2.76. The second kappa shape index (κ2) is 9.85. The van der Waals surface area contributed by atoms with Gasteiger partial charge in [-0.1, -0.05) is 12.1 Å². The molecule has 1 heterocycles. The molecule has 1 saturated heterocycles. The maximum absolute atomic E-state index is 13.7. The van der Waals surface area contributed by atoms with Crippen molar-refractivity contribution < 1.29 is 22.0 Å². The van der Waals surface area contributed by atoms with Crippen molar-refractivity contribution in [2.45, 2.75) is 45.2 Å². The largest absolute Gasteiger partial charge is 0.372 e. The SMILES string of the molecule is C[C@H](NC(=O)[C@@H](C)N(c1ccc(F)c(F)c1)S(C)(=O)=O)c1ccc(N2CCCCC2)cc1. The van der Waals surface area contributed by atoms with Crippen molar-refractivity contribution in [2.75, 3.05) is 28.6 Å². The van der Waals surface area contributed by atoms with Crippen LogP contribution in [-0.2, 0) is 14.8 Å². The lowest BCUT2D eigenvalue weighted by molar-refractivity contribution is -0.122. The van der Waals surface area contributed by atoms with Gasteiger partial charge < -0.3 is 10.2 Å². The van der Waals surface area contributed by atoms with E-state index in [1.54, 1.807) is 0 Å². The number of nitrogens with one attached hydrogen (secondary N) is 1. The first-order valence-electron chi connectivity index (χ1n) is 10.7. The van der Waals surface area contributed by atoms with Gasteiger partial charge in [0.25, 0.3) is 0 Å². The van der Waals surface area contributed by atoms with Crippen LogP contribution in [0.1, 0.15) is 44.7 Å². The summed E-state index contributed by atoms with van der Waals surface area (Å²) in [7, 11) is -3.93. The number of anilines is 2. The molecule has 1 N–H and O–H groups in total. The van der Waals surface area contributed by atoms with Crippen LogP contribution in [0.5, 0.6) is 0 Å². The Morgan fingerprint density at radius 2 is 1.62 bits per heavy atom. The first kappa shape index (κ1) is 24.0. The van der Waals surface area contributed by atoms with Gasteiger partial charge in [0, 0.05) is 24.8 Å². The molecular weight excluding hydrogens is 436 g/mol. The molecule has 2 aromatic rings. The van der Waals surface area contributed by atoms with E-state index < -0.39 is 33.6 Å². The summed E-state index contributed by atoms with van der Waals surface area (Å²) >= 11 is 0. The van der Waals surface area contributed by atoms with Crippen LogP contribution in [0.15, 0.2) is 42.5 Å². The number of benzene rings is 2. The van der Waals surface area contributed by atoms with Crippen LogP contribution < -0.4 is 14.5 Å². The summed E-state index contributed by atoms with van der Waals surface area (Å²) in [6.45, 7) is 5.29. The summed E-state index contributed by atoms with van der Waals surface area (Å²) in [4.78, 5) is 15.2. The molecule has 0 spiro atoms. The third-order valence-corrected chi connectivity index (χ3v) is 6.96. The molecule has 0 saturated carbocycles. The second-order valence-corrected chi connectivity index (χ2v) is 10.1. The van der Waals surface area contributed by atoms with Crippen molar-refractivity contribution >= 4 is 27.3 Å². The van der Waals surface area contributed by atoms with Crippen LogP contribution in [0.25, 0.3) is 0 Å². The number of rotatable bonds is 7. The fourth-order valence-corrected chi connectivity index (χ4v) is 5.14. The lowest BCUT2D eigenvalue weighted by atomic mass is 10.1. The van der Waals surface area contributed by atoms with Crippen LogP contribution in [-0.4, -0.2) is 39.7 Å². The topological polar surface area (TPSA) is 69.7 Å². The second-order valence-electron chi connectivity index (χ2n) is 8.20. The Hall–Kier alpha value is -2.68. The number of nitrogens with zero attached hydrogens (tertiary/aromatic N) is 2. The van der Waals surface area contributed by atoms with E-state index in [1.165, 1.54) is 26.2 Å². The number of amides is 1. The number of halogens is 2. The molecule has 9 heteroatoms. The van der Waals surface area contributed by atoms with E-state index in [1.807, 2.05) is 31.2 Å². The maximum atomic E-state index is 13.7. The molecule has 174 valence electrons. The molecule has 1 aliphatic heterocycles. The highest BCUT2D eigenvalue weighted by Crippen LogP contribution is 2.25. The third-order valence-electron chi connectivity index (χ3n) is 5.72. The van der Waals surface area contributed by atoms with E-state index in [9.17, 15) is 22.0 Å². The van der Waals surface area contributed by atoms with Gasteiger partial charge in [0.1, 0.15) is 6.04 Å². The summed E-state index contributed by atoms with van der Waals surface area (Å²) in [6, 6.07) is 9.14. The van der Waals surface area contributed by atoms with Crippen molar-refractivity contribution in [1.29, 1.82) is 0 Å². The number of piperidine rings is 1.